The first-order valence-electron chi connectivity index (χ1n) is 7.01. The molecule has 0 unspecified atom stereocenters. The largest absolute Gasteiger partial charge is 0.480 e. The van der Waals surface area contributed by atoms with Crippen LogP contribution in [0.5, 0.6) is 0 Å². The van der Waals surface area contributed by atoms with Gasteiger partial charge in [0.15, 0.2) is 0 Å². The van der Waals surface area contributed by atoms with E-state index in [2.05, 4.69) is 15.3 Å². The number of carbonyl (C=O) groups is 1. The highest BCUT2D eigenvalue weighted by Crippen LogP contribution is 2.18. The third-order valence-corrected chi connectivity index (χ3v) is 3.67. The number of carboxylic acids is 1. The molecule has 122 valence electrons. The number of aromatic amines is 1. The molecule has 0 fully saturated rings. The zero-order valence-electron chi connectivity index (χ0n) is 12.6. The van der Waals surface area contributed by atoms with E-state index in [0.717, 1.165) is 6.07 Å². The number of aliphatic carboxylic acids is 1. The van der Waals surface area contributed by atoms with Crippen molar-refractivity contribution in [3.8, 4) is 0 Å². The number of rotatable bonds is 6. The van der Waals surface area contributed by atoms with Crippen molar-refractivity contribution in [2.45, 2.75) is 26.3 Å². The summed E-state index contributed by atoms with van der Waals surface area (Å²) >= 11 is 0. The highest BCUT2D eigenvalue weighted by Gasteiger charge is 2.24. The fraction of sp³-hybridized carbons (Fsp3) is 0.357. The summed E-state index contributed by atoms with van der Waals surface area (Å²) in [5.41, 5.74) is -0.543. The van der Waals surface area contributed by atoms with Gasteiger partial charge < -0.3 is 10.4 Å². The van der Waals surface area contributed by atoms with Crippen molar-refractivity contribution < 1.29 is 14.8 Å². The number of nitro benzene ring substituents is 1. The van der Waals surface area contributed by atoms with Crippen LogP contribution in [-0.4, -0.2) is 32.0 Å². The second-order valence-electron chi connectivity index (χ2n) is 5.22. The van der Waals surface area contributed by atoms with Crippen molar-refractivity contribution in [3.05, 3.63) is 38.7 Å². The monoisotopic (exact) mass is 320 g/mol. The number of hydrogen-bond donors (Lipinski definition) is 3. The molecule has 1 aromatic heterocycles. The lowest BCUT2D eigenvalue weighted by Gasteiger charge is -2.20. The Morgan fingerprint density at radius 1 is 1.52 bits per heavy atom. The topological polar surface area (TPSA) is 138 Å². The summed E-state index contributed by atoms with van der Waals surface area (Å²) in [5.74, 6) is -1.21. The van der Waals surface area contributed by atoms with E-state index in [0.29, 0.717) is 6.42 Å². The van der Waals surface area contributed by atoms with E-state index >= 15 is 0 Å². The Balaban J connectivity index is 2.43. The molecule has 0 bridgehead atoms. The Kier molecular flexibility index (Phi) is 4.58. The van der Waals surface area contributed by atoms with Crippen molar-refractivity contribution >= 4 is 28.5 Å². The minimum atomic E-state index is -1.05. The summed E-state index contributed by atoms with van der Waals surface area (Å²) < 4.78 is 0. The zero-order valence-corrected chi connectivity index (χ0v) is 12.6. The number of H-pyrrole nitrogens is 1. The molecule has 1 aromatic carbocycles. The number of hydrogen-bond acceptors (Lipinski definition) is 6. The van der Waals surface area contributed by atoms with E-state index in [-0.39, 0.29) is 28.5 Å². The number of fused-ring (bicyclic) bond motifs is 1. The molecule has 0 aliphatic rings. The van der Waals surface area contributed by atoms with Crippen LogP contribution >= 0.6 is 0 Å². The number of benzene rings is 1. The van der Waals surface area contributed by atoms with Gasteiger partial charge in [-0.3, -0.25) is 19.9 Å². The van der Waals surface area contributed by atoms with Crippen LogP contribution in [0.2, 0.25) is 0 Å². The summed E-state index contributed by atoms with van der Waals surface area (Å²) in [7, 11) is 0. The van der Waals surface area contributed by atoms with Gasteiger partial charge in [-0.15, -0.1) is 0 Å². The van der Waals surface area contributed by atoms with Crippen LogP contribution in [0, 0.1) is 16.0 Å². The van der Waals surface area contributed by atoms with E-state index in [1.165, 1.54) is 12.1 Å². The lowest BCUT2D eigenvalue weighted by molar-refractivity contribution is -0.384. The third-order valence-electron chi connectivity index (χ3n) is 3.67. The molecule has 9 nitrogen and oxygen atoms in total. The van der Waals surface area contributed by atoms with Gasteiger partial charge >= 0.3 is 5.97 Å². The normalized spacial score (nSPS) is 13.5. The van der Waals surface area contributed by atoms with Gasteiger partial charge in [-0.25, -0.2) is 9.78 Å². The summed E-state index contributed by atoms with van der Waals surface area (Å²) in [4.78, 5) is 40.1. The number of carboxylic acid groups (broad SMARTS) is 1. The van der Waals surface area contributed by atoms with Gasteiger partial charge in [-0.05, 0) is 12.0 Å². The SMILES string of the molecule is CC[C@H](C)[C@H](Nc1nc2ccc([N+](=O)[O-])cc2c(=O)[nH]1)C(=O)O. The number of non-ortho nitro benzene ring substituents is 1. The number of nitro groups is 1. The molecule has 0 radical (unpaired) electrons. The van der Waals surface area contributed by atoms with E-state index in [9.17, 15) is 24.8 Å². The van der Waals surface area contributed by atoms with E-state index in [1.807, 2.05) is 6.92 Å². The maximum absolute atomic E-state index is 12.1. The Morgan fingerprint density at radius 3 is 2.78 bits per heavy atom. The van der Waals surface area contributed by atoms with Crippen molar-refractivity contribution in [3.63, 3.8) is 0 Å². The molecule has 23 heavy (non-hydrogen) atoms. The fourth-order valence-electron chi connectivity index (χ4n) is 2.14. The molecule has 2 rings (SSSR count). The Hall–Kier alpha value is -2.97. The first-order chi connectivity index (χ1) is 10.8. The second-order valence-corrected chi connectivity index (χ2v) is 5.22. The minimum Gasteiger partial charge on any atom is -0.480 e. The summed E-state index contributed by atoms with van der Waals surface area (Å²) in [5, 5.41) is 22.8. The molecule has 0 spiro atoms. The molecule has 0 aliphatic heterocycles. The average Bonchev–Trinajstić information content (AvgIpc) is 2.51. The molecular formula is C14H16N4O5. The molecule has 0 saturated heterocycles. The van der Waals surface area contributed by atoms with Crippen LogP contribution in [0.15, 0.2) is 23.0 Å². The fourth-order valence-corrected chi connectivity index (χ4v) is 2.14. The number of nitrogens with zero attached hydrogens (tertiary/aromatic N) is 2. The number of aromatic nitrogens is 2. The lowest BCUT2D eigenvalue weighted by Crippen LogP contribution is -2.36. The first kappa shape index (κ1) is 16.4. The van der Waals surface area contributed by atoms with Crippen LogP contribution < -0.4 is 10.9 Å². The van der Waals surface area contributed by atoms with E-state index in [4.69, 9.17) is 0 Å². The van der Waals surface area contributed by atoms with Crippen molar-refractivity contribution in [2.24, 2.45) is 5.92 Å². The summed E-state index contributed by atoms with van der Waals surface area (Å²) in [6.45, 7) is 3.63. The minimum absolute atomic E-state index is 0.0176. The number of anilines is 1. The van der Waals surface area contributed by atoms with Crippen LogP contribution in [0.4, 0.5) is 11.6 Å². The molecule has 0 saturated carbocycles. The van der Waals surface area contributed by atoms with Crippen molar-refractivity contribution in [1.82, 2.24) is 9.97 Å². The molecule has 2 atom stereocenters. The second kappa shape index (κ2) is 6.42. The molecule has 0 amide bonds. The lowest BCUT2D eigenvalue weighted by atomic mass is 9.99. The third kappa shape index (κ3) is 3.44. The van der Waals surface area contributed by atoms with Crippen LogP contribution in [0.1, 0.15) is 20.3 Å². The Labute approximate surface area is 130 Å². The predicted octanol–water partition coefficient (Wildman–Crippen LogP) is 1.74. The van der Waals surface area contributed by atoms with Crippen LogP contribution in [-0.2, 0) is 4.79 Å². The highest BCUT2D eigenvalue weighted by molar-refractivity contribution is 5.82. The highest BCUT2D eigenvalue weighted by atomic mass is 16.6. The predicted molar refractivity (Wildman–Crippen MR) is 83.5 cm³/mol. The molecular weight excluding hydrogens is 304 g/mol. The van der Waals surface area contributed by atoms with Gasteiger partial charge in [0.25, 0.3) is 11.2 Å². The standard InChI is InChI=1S/C14H16N4O5/c1-3-7(2)11(13(20)21)16-14-15-10-5-4-8(18(22)23)6-9(10)12(19)17-14/h4-7,11H,3H2,1-2H3,(H,20,21)(H2,15,16,17,19)/t7-,11-/m0/s1. The smallest absolute Gasteiger partial charge is 0.326 e. The van der Waals surface area contributed by atoms with Gasteiger partial charge in [0.2, 0.25) is 5.95 Å². The average molecular weight is 320 g/mol. The van der Waals surface area contributed by atoms with Gasteiger partial charge in [0, 0.05) is 12.1 Å². The maximum Gasteiger partial charge on any atom is 0.326 e. The Bertz CT molecular complexity index is 816. The van der Waals surface area contributed by atoms with E-state index in [1.54, 1.807) is 6.92 Å². The van der Waals surface area contributed by atoms with Crippen molar-refractivity contribution in [1.29, 1.82) is 0 Å². The molecule has 3 N–H and O–H groups in total. The zero-order chi connectivity index (χ0) is 17.1. The summed E-state index contributed by atoms with van der Waals surface area (Å²) in [6, 6.07) is 2.82. The quantitative estimate of drug-likeness (QED) is 0.544. The van der Waals surface area contributed by atoms with Crippen LogP contribution in [0.25, 0.3) is 10.9 Å². The van der Waals surface area contributed by atoms with Crippen LogP contribution in [0.3, 0.4) is 0 Å². The Morgan fingerprint density at radius 2 is 2.22 bits per heavy atom. The molecule has 2 aromatic rings. The van der Waals surface area contributed by atoms with Gasteiger partial charge in [0.05, 0.1) is 15.8 Å². The van der Waals surface area contributed by atoms with E-state index < -0.39 is 22.5 Å². The van der Waals surface area contributed by atoms with Gasteiger partial charge in [0.1, 0.15) is 6.04 Å². The molecule has 1 heterocycles. The maximum atomic E-state index is 12.1. The van der Waals surface area contributed by atoms with Gasteiger partial charge in [-0.1, -0.05) is 20.3 Å². The van der Waals surface area contributed by atoms with Crippen molar-refractivity contribution in [2.75, 3.05) is 5.32 Å². The first-order valence-corrected chi connectivity index (χ1v) is 7.01. The van der Waals surface area contributed by atoms with Gasteiger partial charge in [-0.2, -0.15) is 0 Å². The molecule has 0 aliphatic carbocycles. The molecule has 9 heteroatoms. The number of nitrogens with one attached hydrogen (secondary N) is 2. The summed E-state index contributed by atoms with van der Waals surface area (Å²) in [6.07, 6.45) is 0.633.